The van der Waals surface area contributed by atoms with E-state index in [4.69, 9.17) is 31.0 Å². The summed E-state index contributed by atoms with van der Waals surface area (Å²) < 4.78 is 17.0. The molecule has 0 spiro atoms. The van der Waals surface area contributed by atoms with Gasteiger partial charge in [-0.05, 0) is 42.7 Å². The van der Waals surface area contributed by atoms with Gasteiger partial charge in [-0.2, -0.15) is 0 Å². The minimum Gasteiger partial charge on any atom is -0.490 e. The third-order valence-corrected chi connectivity index (χ3v) is 3.96. The fraction of sp³-hybridized carbons (Fsp3) is 0.350. The summed E-state index contributed by atoms with van der Waals surface area (Å²) in [6.45, 7) is 7.34. The molecule has 0 aliphatic heterocycles. The van der Waals surface area contributed by atoms with Gasteiger partial charge < -0.3 is 19.4 Å². The van der Waals surface area contributed by atoms with Crippen molar-refractivity contribution in [2.24, 2.45) is 5.16 Å². The van der Waals surface area contributed by atoms with Gasteiger partial charge in [-0.3, -0.25) is 0 Å². The van der Waals surface area contributed by atoms with Crippen LogP contribution in [0.5, 0.6) is 17.2 Å². The highest BCUT2D eigenvalue weighted by atomic mass is 35.5. The van der Waals surface area contributed by atoms with E-state index in [1.807, 2.05) is 19.1 Å². The Labute approximate surface area is 159 Å². The van der Waals surface area contributed by atoms with Crippen molar-refractivity contribution in [1.29, 1.82) is 0 Å². The van der Waals surface area contributed by atoms with Crippen molar-refractivity contribution in [1.82, 2.24) is 0 Å². The maximum atomic E-state index is 8.67. The number of rotatable bonds is 9. The van der Waals surface area contributed by atoms with E-state index in [9.17, 15) is 0 Å². The van der Waals surface area contributed by atoms with Gasteiger partial charge in [-0.15, -0.1) is 0 Å². The van der Waals surface area contributed by atoms with Crippen LogP contribution in [0.25, 0.3) is 0 Å². The lowest BCUT2D eigenvalue weighted by Crippen LogP contribution is -2.10. The molecule has 0 fully saturated rings. The van der Waals surface area contributed by atoms with E-state index in [2.05, 4.69) is 31.1 Å². The third-order valence-electron chi connectivity index (χ3n) is 3.68. The summed E-state index contributed by atoms with van der Waals surface area (Å²) in [4.78, 5) is 0. The second-order valence-corrected chi connectivity index (χ2v) is 6.34. The number of oxime groups is 1. The van der Waals surface area contributed by atoms with Gasteiger partial charge in [0.15, 0.2) is 11.5 Å². The average Bonchev–Trinajstić information content (AvgIpc) is 2.61. The molecule has 2 aromatic rings. The first-order valence-corrected chi connectivity index (χ1v) is 8.92. The second kappa shape index (κ2) is 9.92. The van der Waals surface area contributed by atoms with Crippen LogP contribution in [0, 0.1) is 0 Å². The van der Waals surface area contributed by atoms with Crippen LogP contribution >= 0.6 is 11.6 Å². The molecule has 26 heavy (non-hydrogen) atoms. The van der Waals surface area contributed by atoms with Crippen molar-refractivity contribution >= 4 is 17.8 Å². The molecule has 0 heterocycles. The van der Waals surface area contributed by atoms with Crippen LogP contribution in [0.15, 0.2) is 41.6 Å². The average molecular weight is 378 g/mol. The number of ether oxygens (including phenoxy) is 3. The van der Waals surface area contributed by atoms with Crippen LogP contribution in [0.1, 0.15) is 37.8 Å². The fourth-order valence-corrected chi connectivity index (χ4v) is 2.66. The molecule has 0 bridgehead atoms. The minimum absolute atomic E-state index is 0.319. The molecule has 2 aromatic carbocycles. The molecule has 0 aliphatic carbocycles. The van der Waals surface area contributed by atoms with Gasteiger partial charge in [0.05, 0.1) is 17.8 Å². The zero-order valence-corrected chi connectivity index (χ0v) is 16.0. The molecule has 0 atom stereocenters. The molecule has 6 heteroatoms. The van der Waals surface area contributed by atoms with Crippen molar-refractivity contribution in [3.8, 4) is 17.2 Å². The van der Waals surface area contributed by atoms with Gasteiger partial charge in [0.25, 0.3) is 0 Å². The molecule has 0 amide bonds. The molecule has 140 valence electrons. The predicted molar refractivity (Wildman–Crippen MR) is 104 cm³/mol. The highest BCUT2D eigenvalue weighted by Crippen LogP contribution is 2.36. The summed E-state index contributed by atoms with van der Waals surface area (Å²) >= 11 is 6.26. The number of hydrogen-bond acceptors (Lipinski definition) is 5. The predicted octanol–water partition coefficient (Wildman–Crippen LogP) is 5.13. The van der Waals surface area contributed by atoms with E-state index in [0.717, 1.165) is 5.75 Å². The third kappa shape index (κ3) is 5.56. The Balaban J connectivity index is 1.96. The van der Waals surface area contributed by atoms with Crippen LogP contribution in [0.2, 0.25) is 5.02 Å². The highest BCUT2D eigenvalue weighted by Gasteiger charge is 2.12. The van der Waals surface area contributed by atoms with Crippen molar-refractivity contribution < 1.29 is 19.4 Å². The summed E-state index contributed by atoms with van der Waals surface area (Å²) in [5.41, 5.74) is 1.89. The van der Waals surface area contributed by atoms with Crippen molar-refractivity contribution in [3.63, 3.8) is 0 Å². The van der Waals surface area contributed by atoms with E-state index in [1.54, 1.807) is 12.1 Å². The number of benzene rings is 2. The number of nitrogens with zero attached hydrogens (tertiary/aromatic N) is 1. The topological polar surface area (TPSA) is 60.3 Å². The Hall–Kier alpha value is -2.40. The lowest BCUT2D eigenvalue weighted by molar-refractivity contribution is 0.208. The number of hydrogen-bond donors (Lipinski definition) is 1. The standard InChI is InChI=1S/C20H24ClNO4/c1-4-24-19-12-15(13-22-23)11-18(21)20(19)26-10-9-25-17-7-5-16(6-8-17)14(2)3/h5-8,11-14,23H,4,9-10H2,1-3H3. The Bertz CT molecular complexity index is 729. The maximum absolute atomic E-state index is 8.67. The van der Waals surface area contributed by atoms with Crippen LogP contribution < -0.4 is 14.2 Å². The molecular formula is C20H24ClNO4. The van der Waals surface area contributed by atoms with E-state index < -0.39 is 0 Å². The fourth-order valence-electron chi connectivity index (χ4n) is 2.38. The molecule has 5 nitrogen and oxygen atoms in total. The quantitative estimate of drug-likeness (QED) is 0.285. The molecule has 0 saturated heterocycles. The van der Waals surface area contributed by atoms with Crippen molar-refractivity contribution in [2.75, 3.05) is 19.8 Å². The molecule has 2 rings (SSSR count). The zero-order chi connectivity index (χ0) is 18.9. The molecular weight excluding hydrogens is 354 g/mol. The summed E-state index contributed by atoms with van der Waals surface area (Å²) in [5.74, 6) is 2.23. The first-order valence-electron chi connectivity index (χ1n) is 8.54. The van der Waals surface area contributed by atoms with Gasteiger partial charge in [-0.25, -0.2) is 0 Å². The minimum atomic E-state index is 0.319. The molecule has 0 aromatic heterocycles. The van der Waals surface area contributed by atoms with Crippen molar-refractivity contribution in [3.05, 3.63) is 52.5 Å². The zero-order valence-electron chi connectivity index (χ0n) is 15.2. The lowest BCUT2D eigenvalue weighted by atomic mass is 10.0. The molecule has 0 aliphatic rings. The Morgan fingerprint density at radius 2 is 1.77 bits per heavy atom. The Morgan fingerprint density at radius 1 is 1.08 bits per heavy atom. The van der Waals surface area contributed by atoms with Gasteiger partial charge in [-0.1, -0.05) is 42.7 Å². The molecule has 0 radical (unpaired) electrons. The highest BCUT2D eigenvalue weighted by molar-refractivity contribution is 6.32. The van der Waals surface area contributed by atoms with Crippen LogP contribution in [0.4, 0.5) is 0 Å². The summed E-state index contributed by atoms with van der Waals surface area (Å²) in [6, 6.07) is 11.4. The molecule has 0 unspecified atom stereocenters. The SMILES string of the molecule is CCOc1cc(C=NO)cc(Cl)c1OCCOc1ccc(C(C)C)cc1. The monoisotopic (exact) mass is 377 g/mol. The van der Waals surface area contributed by atoms with Crippen LogP contribution in [0.3, 0.4) is 0 Å². The summed E-state index contributed by atoms with van der Waals surface area (Å²) in [7, 11) is 0. The van der Waals surface area contributed by atoms with Crippen LogP contribution in [-0.2, 0) is 0 Å². The Kier molecular flexibility index (Phi) is 7.60. The first-order chi connectivity index (χ1) is 12.5. The summed E-state index contributed by atoms with van der Waals surface area (Å²) in [5, 5.41) is 12.1. The van der Waals surface area contributed by atoms with E-state index in [1.165, 1.54) is 11.8 Å². The van der Waals surface area contributed by atoms with Gasteiger partial charge >= 0.3 is 0 Å². The largest absolute Gasteiger partial charge is 0.490 e. The van der Waals surface area contributed by atoms with Gasteiger partial charge in [0.2, 0.25) is 0 Å². The van der Waals surface area contributed by atoms with E-state index in [0.29, 0.717) is 47.8 Å². The van der Waals surface area contributed by atoms with Crippen molar-refractivity contribution in [2.45, 2.75) is 26.7 Å². The van der Waals surface area contributed by atoms with Gasteiger partial charge in [0, 0.05) is 5.56 Å². The maximum Gasteiger partial charge on any atom is 0.179 e. The number of halogens is 1. The summed E-state index contributed by atoms with van der Waals surface area (Å²) in [6.07, 6.45) is 1.28. The smallest absolute Gasteiger partial charge is 0.179 e. The van der Waals surface area contributed by atoms with Crippen LogP contribution in [-0.4, -0.2) is 31.2 Å². The van der Waals surface area contributed by atoms with E-state index in [-0.39, 0.29) is 0 Å². The lowest BCUT2D eigenvalue weighted by Gasteiger charge is -2.15. The van der Waals surface area contributed by atoms with Gasteiger partial charge in [0.1, 0.15) is 19.0 Å². The molecule has 0 saturated carbocycles. The van der Waals surface area contributed by atoms with E-state index >= 15 is 0 Å². The molecule has 1 N–H and O–H groups in total. The first kappa shape index (κ1) is 19.9. The normalized spacial score (nSPS) is 11.1. The second-order valence-electron chi connectivity index (χ2n) is 5.93. The Morgan fingerprint density at radius 3 is 2.38 bits per heavy atom.